The molecule has 194 valence electrons. The summed E-state index contributed by atoms with van der Waals surface area (Å²) in [7, 11) is 1.55. The van der Waals surface area contributed by atoms with Gasteiger partial charge in [-0.1, -0.05) is 58.8 Å². The van der Waals surface area contributed by atoms with E-state index in [2.05, 4.69) is 4.99 Å². The maximum atomic E-state index is 13.8. The van der Waals surface area contributed by atoms with Crippen LogP contribution in [0.4, 0.5) is 0 Å². The molecule has 0 fully saturated rings. The lowest BCUT2D eigenvalue weighted by Crippen LogP contribution is -2.40. The van der Waals surface area contributed by atoms with E-state index >= 15 is 0 Å². The number of nitrogens with zero attached hydrogens (tertiary/aromatic N) is 2. The third-order valence-electron chi connectivity index (χ3n) is 6.07. The van der Waals surface area contributed by atoms with Crippen LogP contribution >= 0.6 is 34.5 Å². The average molecular weight is 569 g/mol. The fraction of sp³-hybridized carbons (Fsp3) is 0.179. The molecule has 0 N–H and O–H groups in total. The highest BCUT2D eigenvalue weighted by Crippen LogP contribution is 2.36. The van der Waals surface area contributed by atoms with Crippen molar-refractivity contribution < 1.29 is 18.7 Å². The van der Waals surface area contributed by atoms with Gasteiger partial charge >= 0.3 is 5.97 Å². The standard InChI is InChI=1S/C28H22Cl2N2O5S/c1-4-36-27(34)23-15(2)31-28-32(25(23)18-8-5-6-11-20(18)35-3)26(33)22(38-28)14-16-12-13-21(37-16)17-9-7-10-19(29)24(17)30/h5-14,25H,4H2,1-3H3/b22-14+. The fourth-order valence-corrected chi connectivity index (χ4v) is 5.80. The van der Waals surface area contributed by atoms with Crippen LogP contribution in [0.3, 0.4) is 0 Å². The van der Waals surface area contributed by atoms with Crippen molar-refractivity contribution in [1.29, 1.82) is 0 Å². The predicted molar refractivity (Wildman–Crippen MR) is 148 cm³/mol. The third-order valence-corrected chi connectivity index (χ3v) is 7.87. The van der Waals surface area contributed by atoms with E-state index in [1.165, 1.54) is 15.9 Å². The molecule has 1 atom stereocenters. The van der Waals surface area contributed by atoms with Gasteiger partial charge in [0.15, 0.2) is 4.80 Å². The number of para-hydroxylation sites is 1. The molecule has 0 spiro atoms. The van der Waals surface area contributed by atoms with Crippen molar-refractivity contribution in [1.82, 2.24) is 4.57 Å². The Balaban J connectivity index is 1.67. The molecular formula is C28H22Cl2N2O5S. The Labute approximate surface area is 231 Å². The topological polar surface area (TPSA) is 83.0 Å². The number of benzene rings is 2. The quantitative estimate of drug-likeness (QED) is 0.292. The van der Waals surface area contributed by atoms with Gasteiger partial charge in [-0.15, -0.1) is 0 Å². The minimum absolute atomic E-state index is 0.191. The molecule has 0 aliphatic carbocycles. The molecule has 2 aromatic heterocycles. The number of fused-ring (bicyclic) bond motifs is 1. The van der Waals surface area contributed by atoms with Crippen LogP contribution in [0, 0.1) is 0 Å². The molecule has 0 saturated heterocycles. The molecule has 7 nitrogen and oxygen atoms in total. The first-order valence-electron chi connectivity index (χ1n) is 11.7. The third kappa shape index (κ3) is 4.60. The van der Waals surface area contributed by atoms with Crippen molar-refractivity contribution in [3.63, 3.8) is 0 Å². The number of furan rings is 1. The second kappa shape index (κ2) is 10.6. The van der Waals surface area contributed by atoms with Crippen LogP contribution in [0.25, 0.3) is 17.4 Å². The monoisotopic (exact) mass is 568 g/mol. The number of ether oxygens (including phenoxy) is 2. The molecule has 5 rings (SSSR count). The van der Waals surface area contributed by atoms with Gasteiger partial charge in [-0.25, -0.2) is 9.79 Å². The van der Waals surface area contributed by atoms with Crippen LogP contribution in [0.5, 0.6) is 5.75 Å². The van der Waals surface area contributed by atoms with Gasteiger partial charge < -0.3 is 13.9 Å². The van der Waals surface area contributed by atoms with Crippen molar-refractivity contribution in [3.8, 4) is 17.1 Å². The van der Waals surface area contributed by atoms with Crippen molar-refractivity contribution in [2.24, 2.45) is 4.99 Å². The number of esters is 1. The van der Waals surface area contributed by atoms with Crippen LogP contribution < -0.4 is 19.6 Å². The van der Waals surface area contributed by atoms with E-state index in [-0.39, 0.29) is 17.7 Å². The van der Waals surface area contributed by atoms with Crippen molar-refractivity contribution in [2.75, 3.05) is 13.7 Å². The lowest BCUT2D eigenvalue weighted by molar-refractivity contribution is -0.139. The van der Waals surface area contributed by atoms with Crippen LogP contribution in [-0.2, 0) is 9.53 Å². The number of allylic oxidation sites excluding steroid dienone is 1. The van der Waals surface area contributed by atoms with E-state index in [4.69, 9.17) is 37.1 Å². The van der Waals surface area contributed by atoms with Gasteiger partial charge in [-0.2, -0.15) is 0 Å². The van der Waals surface area contributed by atoms with E-state index in [0.717, 1.165) is 0 Å². The molecule has 1 aliphatic rings. The van der Waals surface area contributed by atoms with E-state index in [1.807, 2.05) is 18.2 Å². The number of halogens is 2. The van der Waals surface area contributed by atoms with Crippen LogP contribution in [-0.4, -0.2) is 24.3 Å². The summed E-state index contributed by atoms with van der Waals surface area (Å²) < 4.78 is 18.8. The lowest BCUT2D eigenvalue weighted by Gasteiger charge is -2.25. The molecule has 1 aliphatic heterocycles. The van der Waals surface area contributed by atoms with E-state index < -0.39 is 12.0 Å². The van der Waals surface area contributed by atoms with Crippen LogP contribution in [0.1, 0.15) is 31.2 Å². The molecular weight excluding hydrogens is 547 g/mol. The Morgan fingerprint density at radius 3 is 2.71 bits per heavy atom. The summed E-state index contributed by atoms with van der Waals surface area (Å²) in [6.45, 7) is 3.66. The maximum absolute atomic E-state index is 13.8. The normalized spacial score (nSPS) is 15.3. The molecule has 0 bridgehead atoms. The smallest absolute Gasteiger partial charge is 0.338 e. The summed E-state index contributed by atoms with van der Waals surface area (Å²) in [5, 5.41) is 0.799. The van der Waals surface area contributed by atoms with Gasteiger partial charge in [0, 0.05) is 17.2 Å². The Bertz CT molecular complexity index is 1770. The first-order valence-corrected chi connectivity index (χ1v) is 13.3. The number of carbonyl (C=O) groups excluding carboxylic acids is 1. The number of carbonyl (C=O) groups is 1. The summed E-state index contributed by atoms with van der Waals surface area (Å²) in [6, 6.07) is 15.3. The molecule has 0 radical (unpaired) electrons. The average Bonchev–Trinajstić information content (AvgIpc) is 3.49. The first kappa shape index (κ1) is 26.0. The predicted octanol–water partition coefficient (Wildman–Crippen LogP) is 5.37. The van der Waals surface area contributed by atoms with Gasteiger partial charge in [0.1, 0.15) is 23.3 Å². The van der Waals surface area contributed by atoms with Gasteiger partial charge in [0.05, 0.1) is 39.6 Å². The van der Waals surface area contributed by atoms with Crippen molar-refractivity contribution in [2.45, 2.75) is 19.9 Å². The van der Waals surface area contributed by atoms with Gasteiger partial charge in [0.25, 0.3) is 5.56 Å². The Hall–Kier alpha value is -3.59. The highest BCUT2D eigenvalue weighted by molar-refractivity contribution is 7.07. The number of aromatic nitrogens is 1. The van der Waals surface area contributed by atoms with E-state index in [1.54, 1.807) is 63.4 Å². The Morgan fingerprint density at radius 2 is 1.95 bits per heavy atom. The molecule has 2 aromatic carbocycles. The van der Waals surface area contributed by atoms with Crippen LogP contribution in [0.2, 0.25) is 10.0 Å². The Morgan fingerprint density at radius 1 is 1.16 bits per heavy atom. The molecule has 38 heavy (non-hydrogen) atoms. The highest BCUT2D eigenvalue weighted by atomic mass is 35.5. The molecule has 1 unspecified atom stereocenters. The van der Waals surface area contributed by atoms with E-state index in [0.29, 0.717) is 53.5 Å². The summed E-state index contributed by atoms with van der Waals surface area (Å²) >= 11 is 13.7. The van der Waals surface area contributed by atoms with Gasteiger partial charge in [-0.05, 0) is 44.2 Å². The number of methoxy groups -OCH3 is 1. The minimum Gasteiger partial charge on any atom is -0.496 e. The fourth-order valence-electron chi connectivity index (χ4n) is 4.38. The SMILES string of the molecule is CCOC(=O)C1=C(C)N=c2s/c(=C/c3ccc(-c4cccc(Cl)c4Cl)o3)c(=O)n2C1c1ccccc1OC. The first-order chi connectivity index (χ1) is 18.3. The largest absolute Gasteiger partial charge is 0.496 e. The molecule has 10 heteroatoms. The molecule has 0 saturated carbocycles. The summed E-state index contributed by atoms with van der Waals surface area (Å²) in [5.41, 5.74) is 1.73. The number of hydrogen-bond donors (Lipinski definition) is 0. The van der Waals surface area contributed by atoms with Gasteiger partial charge in [0.2, 0.25) is 0 Å². The zero-order valence-corrected chi connectivity index (χ0v) is 23.0. The zero-order valence-electron chi connectivity index (χ0n) is 20.7. The number of thiazole rings is 1. The second-order valence-electron chi connectivity index (χ2n) is 8.35. The molecule has 0 amide bonds. The maximum Gasteiger partial charge on any atom is 0.338 e. The lowest BCUT2D eigenvalue weighted by atomic mass is 9.95. The Kier molecular flexibility index (Phi) is 7.29. The van der Waals surface area contributed by atoms with Crippen molar-refractivity contribution in [3.05, 3.63) is 107 Å². The summed E-state index contributed by atoms with van der Waals surface area (Å²) in [4.78, 5) is 31.9. The van der Waals surface area contributed by atoms with Gasteiger partial charge in [-0.3, -0.25) is 9.36 Å². The number of rotatable bonds is 6. The highest BCUT2D eigenvalue weighted by Gasteiger charge is 2.35. The van der Waals surface area contributed by atoms with E-state index in [9.17, 15) is 9.59 Å². The number of hydrogen-bond acceptors (Lipinski definition) is 7. The van der Waals surface area contributed by atoms with Crippen molar-refractivity contribution >= 4 is 46.6 Å². The second-order valence-corrected chi connectivity index (χ2v) is 10.1. The summed E-state index contributed by atoms with van der Waals surface area (Å²) in [6.07, 6.45) is 1.65. The minimum atomic E-state index is -0.777. The molecule has 3 heterocycles. The zero-order chi connectivity index (χ0) is 27.0. The van der Waals surface area contributed by atoms with Crippen LogP contribution in [0.15, 0.2) is 80.1 Å². The molecule has 4 aromatic rings. The summed E-state index contributed by atoms with van der Waals surface area (Å²) in [5.74, 6) is 0.978.